The van der Waals surface area contributed by atoms with Crippen molar-refractivity contribution in [3.05, 3.63) is 33.8 Å². The van der Waals surface area contributed by atoms with Crippen LogP contribution in [0, 0.1) is 11.3 Å². The number of nitrogens with zero attached hydrogens (tertiary/aromatic N) is 1. The van der Waals surface area contributed by atoms with E-state index in [0.29, 0.717) is 15.6 Å². The molecule has 1 aromatic rings. The van der Waals surface area contributed by atoms with Crippen molar-refractivity contribution in [2.75, 3.05) is 5.75 Å². The summed E-state index contributed by atoms with van der Waals surface area (Å²) in [6, 6.07) is 6.19. The molecular weight excluding hydrogens is 257 g/mol. The molecule has 0 amide bonds. The Hall–Kier alpha value is -0.760. The summed E-state index contributed by atoms with van der Waals surface area (Å²) in [6.07, 6.45) is 0. The van der Waals surface area contributed by atoms with Crippen LogP contribution in [0.3, 0.4) is 0 Å². The Morgan fingerprint density at radius 2 is 1.93 bits per heavy atom. The molecule has 0 N–H and O–H groups in total. The number of nitriles is 1. The number of rotatable bonds is 3. The number of hydrogen-bond acceptors (Lipinski definition) is 3. The van der Waals surface area contributed by atoms with Gasteiger partial charge in [0, 0.05) is 0 Å². The molecule has 0 unspecified atom stereocenters. The monoisotopic (exact) mass is 263 g/mol. The van der Waals surface area contributed by atoms with Crippen LogP contribution in [0.5, 0.6) is 0 Å². The van der Waals surface area contributed by atoms with Gasteiger partial charge in [0.1, 0.15) is 5.75 Å². The molecule has 0 saturated carbocycles. The molecule has 0 aliphatic carbocycles. The van der Waals surface area contributed by atoms with E-state index in [2.05, 4.69) is 0 Å². The molecular formula is C9H7Cl2NO2S. The molecule has 0 spiro atoms. The second-order valence-corrected chi connectivity index (χ2v) is 5.82. The Bertz CT molecular complexity index is 505. The summed E-state index contributed by atoms with van der Waals surface area (Å²) in [5.41, 5.74) is 0.527. The van der Waals surface area contributed by atoms with Crippen molar-refractivity contribution < 1.29 is 8.42 Å². The van der Waals surface area contributed by atoms with Crippen LogP contribution in [-0.2, 0) is 15.6 Å². The van der Waals surface area contributed by atoms with Crippen molar-refractivity contribution in [3.63, 3.8) is 0 Å². The van der Waals surface area contributed by atoms with Crippen LogP contribution in [-0.4, -0.2) is 14.2 Å². The summed E-state index contributed by atoms with van der Waals surface area (Å²) in [5, 5.41) is 8.98. The summed E-state index contributed by atoms with van der Waals surface area (Å²) in [4.78, 5) is 0. The summed E-state index contributed by atoms with van der Waals surface area (Å²) in [7, 11) is -3.38. The summed E-state index contributed by atoms with van der Waals surface area (Å²) < 4.78 is 22.6. The highest BCUT2D eigenvalue weighted by Gasteiger charge is 2.12. The molecule has 0 fully saturated rings. The van der Waals surface area contributed by atoms with E-state index < -0.39 is 15.6 Å². The predicted molar refractivity (Wildman–Crippen MR) is 59.6 cm³/mol. The maximum absolute atomic E-state index is 11.3. The van der Waals surface area contributed by atoms with Crippen LogP contribution in [0.2, 0.25) is 10.0 Å². The summed E-state index contributed by atoms with van der Waals surface area (Å²) >= 11 is 11.4. The first kappa shape index (κ1) is 12.3. The largest absolute Gasteiger partial charge is 0.227 e. The third-order valence-corrected chi connectivity index (χ3v) is 3.74. The SMILES string of the molecule is N#CCS(=O)(=O)Cc1ccc(Cl)c(Cl)c1. The van der Waals surface area contributed by atoms with Gasteiger partial charge in [0.2, 0.25) is 0 Å². The lowest BCUT2D eigenvalue weighted by atomic mass is 10.2. The minimum Gasteiger partial charge on any atom is -0.227 e. The Labute approximate surface area is 98.2 Å². The third-order valence-electron chi connectivity index (χ3n) is 1.66. The lowest BCUT2D eigenvalue weighted by Gasteiger charge is -2.02. The fourth-order valence-corrected chi connectivity index (χ4v) is 2.34. The standard InChI is InChI=1S/C9H7Cl2NO2S/c10-8-2-1-7(5-9(8)11)6-15(13,14)4-3-12/h1-2,5H,4,6H2. The molecule has 3 nitrogen and oxygen atoms in total. The Morgan fingerprint density at radius 1 is 1.27 bits per heavy atom. The highest BCUT2D eigenvalue weighted by molar-refractivity contribution is 7.90. The van der Waals surface area contributed by atoms with Crippen molar-refractivity contribution >= 4 is 33.0 Å². The topological polar surface area (TPSA) is 57.9 Å². The molecule has 6 heteroatoms. The fourth-order valence-electron chi connectivity index (χ4n) is 1.03. The van der Waals surface area contributed by atoms with Crippen molar-refractivity contribution in [3.8, 4) is 6.07 Å². The normalized spacial score (nSPS) is 11.0. The van der Waals surface area contributed by atoms with Crippen molar-refractivity contribution in [1.82, 2.24) is 0 Å². The quantitative estimate of drug-likeness (QED) is 0.842. The van der Waals surface area contributed by atoms with E-state index >= 15 is 0 Å². The van der Waals surface area contributed by atoms with E-state index in [-0.39, 0.29) is 5.75 Å². The Morgan fingerprint density at radius 3 is 2.47 bits per heavy atom. The summed E-state index contributed by atoms with van der Waals surface area (Å²) in [5.74, 6) is -0.690. The van der Waals surface area contributed by atoms with E-state index in [1.54, 1.807) is 12.1 Å². The van der Waals surface area contributed by atoms with Gasteiger partial charge in [-0.3, -0.25) is 0 Å². The maximum Gasteiger partial charge on any atom is 0.167 e. The van der Waals surface area contributed by atoms with Crippen molar-refractivity contribution in [2.24, 2.45) is 0 Å². The van der Waals surface area contributed by atoms with Gasteiger partial charge in [-0.1, -0.05) is 29.3 Å². The minimum absolute atomic E-state index is 0.197. The molecule has 0 aliphatic heterocycles. The van der Waals surface area contributed by atoms with Crippen LogP contribution in [0.4, 0.5) is 0 Å². The smallest absolute Gasteiger partial charge is 0.167 e. The van der Waals surface area contributed by atoms with Crippen LogP contribution < -0.4 is 0 Å². The van der Waals surface area contributed by atoms with Gasteiger partial charge < -0.3 is 0 Å². The van der Waals surface area contributed by atoms with Crippen LogP contribution >= 0.6 is 23.2 Å². The molecule has 1 rings (SSSR count). The molecule has 0 bridgehead atoms. The molecule has 0 saturated heterocycles. The van der Waals surface area contributed by atoms with Gasteiger partial charge in [-0.25, -0.2) is 8.42 Å². The van der Waals surface area contributed by atoms with Gasteiger partial charge in [-0.15, -0.1) is 0 Å². The molecule has 0 radical (unpaired) electrons. The zero-order valence-electron chi connectivity index (χ0n) is 7.57. The average molecular weight is 264 g/mol. The van der Waals surface area contributed by atoms with Gasteiger partial charge in [0.05, 0.1) is 21.9 Å². The first-order valence-electron chi connectivity index (χ1n) is 3.96. The first-order valence-corrected chi connectivity index (χ1v) is 6.53. The minimum atomic E-state index is -3.38. The van der Waals surface area contributed by atoms with Crippen LogP contribution in [0.15, 0.2) is 18.2 Å². The second kappa shape index (κ2) is 4.84. The van der Waals surface area contributed by atoms with Gasteiger partial charge >= 0.3 is 0 Å². The zero-order chi connectivity index (χ0) is 11.5. The lowest BCUT2D eigenvalue weighted by molar-refractivity contribution is 0.598. The van der Waals surface area contributed by atoms with E-state index in [9.17, 15) is 8.42 Å². The maximum atomic E-state index is 11.3. The van der Waals surface area contributed by atoms with Gasteiger partial charge in [-0.2, -0.15) is 5.26 Å². The number of sulfone groups is 1. The Kier molecular flexibility index (Phi) is 3.97. The van der Waals surface area contributed by atoms with Crippen molar-refractivity contribution in [1.29, 1.82) is 5.26 Å². The van der Waals surface area contributed by atoms with Gasteiger partial charge in [0.25, 0.3) is 0 Å². The zero-order valence-corrected chi connectivity index (χ0v) is 9.90. The Balaban J connectivity index is 2.92. The second-order valence-electron chi connectivity index (χ2n) is 2.94. The molecule has 0 heterocycles. The molecule has 80 valence electrons. The van der Waals surface area contributed by atoms with Crippen LogP contribution in [0.25, 0.3) is 0 Å². The molecule has 0 aliphatic rings. The molecule has 15 heavy (non-hydrogen) atoms. The molecule has 1 aromatic carbocycles. The van der Waals surface area contributed by atoms with E-state index in [0.717, 1.165) is 0 Å². The number of hydrogen-bond donors (Lipinski definition) is 0. The van der Waals surface area contributed by atoms with E-state index in [1.165, 1.54) is 12.1 Å². The molecule has 0 aromatic heterocycles. The third kappa shape index (κ3) is 3.71. The predicted octanol–water partition coefficient (Wildman–Crippen LogP) is 2.43. The van der Waals surface area contributed by atoms with Gasteiger partial charge in [-0.05, 0) is 17.7 Å². The molecule has 0 atom stereocenters. The number of benzene rings is 1. The van der Waals surface area contributed by atoms with Gasteiger partial charge in [0.15, 0.2) is 9.84 Å². The van der Waals surface area contributed by atoms with E-state index in [4.69, 9.17) is 28.5 Å². The van der Waals surface area contributed by atoms with Crippen molar-refractivity contribution in [2.45, 2.75) is 5.75 Å². The highest BCUT2D eigenvalue weighted by atomic mass is 35.5. The summed E-state index contributed by atoms with van der Waals surface area (Å²) in [6.45, 7) is 0. The average Bonchev–Trinajstić information content (AvgIpc) is 2.10. The fraction of sp³-hybridized carbons (Fsp3) is 0.222. The van der Waals surface area contributed by atoms with E-state index in [1.807, 2.05) is 0 Å². The number of halogens is 2. The lowest BCUT2D eigenvalue weighted by Crippen LogP contribution is -2.07. The van der Waals surface area contributed by atoms with Crippen LogP contribution in [0.1, 0.15) is 5.56 Å². The first-order chi connectivity index (χ1) is 6.94. The highest BCUT2D eigenvalue weighted by Crippen LogP contribution is 2.23.